The van der Waals surface area contributed by atoms with Crippen molar-refractivity contribution >= 4 is 104 Å². The average molecular weight is 1390 g/mol. The molecule has 10 atom stereocenters. The quantitative estimate of drug-likeness (QED) is 0.0319. The fraction of sp³-hybridized carbons (Fsp3) is 0.451. The van der Waals surface area contributed by atoms with Gasteiger partial charge in [-0.05, 0) is 108 Å². The van der Waals surface area contributed by atoms with Gasteiger partial charge in [0.2, 0.25) is 76.8 Å². The van der Waals surface area contributed by atoms with Crippen LogP contribution in [0.3, 0.4) is 0 Å². The van der Waals surface area contributed by atoms with Crippen molar-refractivity contribution < 1.29 is 62.3 Å². The molecule has 0 saturated carbocycles. The van der Waals surface area contributed by atoms with Gasteiger partial charge in [0.05, 0.1) is 6.42 Å². The van der Waals surface area contributed by atoms with E-state index in [4.69, 9.17) is 17.2 Å². The molecule has 17 N–H and O–H groups in total. The number of nitrogens with zero attached hydrogens (tertiary/aromatic N) is 3. The molecular weight excluding hydrogens is 1300 g/mol. The molecule has 13 amide bonds. The molecule has 3 saturated heterocycles. The molecule has 101 heavy (non-hydrogen) atoms. The zero-order valence-electron chi connectivity index (χ0n) is 56.9. The Hall–Kier alpha value is -11.1. The molecule has 0 spiro atoms. The SMILES string of the molecule is CC(=O)N[C@H](Cc1ccc2ccccc2c1)C(=O)N[C@@H]1CCC(=O)NCCCC[C@H]2NC(=O)[C@H](CC(C)C)NC(=O)[C@H](Cc3ccc4ccccc4c3)NC(=O)[C@H](CCCN=C(N)N)NC(=O)[C@@H](CC(=O)NC[C@H](C(N)=O)NC(=O)[C@@H]3CCCN3C2=O)NC(=O)[C@@H](Cc2cccnc2)NC1=O. The Morgan fingerprint density at radius 3 is 1.88 bits per heavy atom. The smallest absolute Gasteiger partial charge is 0.245 e. The van der Waals surface area contributed by atoms with Crippen LogP contribution >= 0.6 is 0 Å². The van der Waals surface area contributed by atoms with Gasteiger partial charge in [0.1, 0.15) is 60.4 Å². The van der Waals surface area contributed by atoms with Crippen molar-refractivity contribution in [1.82, 2.24) is 68.4 Å². The van der Waals surface area contributed by atoms with Crippen LogP contribution in [0.25, 0.3) is 21.5 Å². The van der Waals surface area contributed by atoms with E-state index in [9.17, 15) is 33.6 Å². The molecule has 0 unspecified atom stereocenters. The van der Waals surface area contributed by atoms with Gasteiger partial charge in [-0.1, -0.05) is 105 Å². The number of amides is 13. The molecule has 30 nitrogen and oxygen atoms in total. The molecule has 1 aromatic heterocycles. The summed E-state index contributed by atoms with van der Waals surface area (Å²) < 4.78 is 0. The van der Waals surface area contributed by atoms with Crippen LogP contribution in [-0.2, 0) is 81.6 Å². The molecule has 0 radical (unpaired) electrons. The molecule has 30 heteroatoms. The van der Waals surface area contributed by atoms with Gasteiger partial charge in [-0.2, -0.15) is 0 Å². The maximum atomic E-state index is 15.2. The molecule has 4 heterocycles. The number of rotatable bonds is 16. The highest BCUT2D eigenvalue weighted by atomic mass is 16.2. The Morgan fingerprint density at radius 1 is 0.604 bits per heavy atom. The standard InChI is InChI=1S/C71H91N17O13/c1-40(2)31-52-64(95)82-51-18-8-9-28-76-59(90)26-25-50(81-65(96)53(79-41(3)89)34-42-21-23-45-14-4-6-16-47(45)32-42)63(94)85-55(36-44-13-10-27-75-38-44)67(98)86-56(37-60(91)78-39-57(61(72)92)87-69(100)58-20-12-30-88(58)70(51)101)68(99)80-49(19-11-29-77-71(73)74)62(93)84-54(66(97)83-52)35-43-22-24-46-15-5-7-17-48(46)33-43/h4-7,10,13-17,21-24,27,32-33,38,40,49-58H,8-9,11-12,18-20,25-26,28-31,34-37,39H2,1-3H3,(H2,72,92)(H,76,90)(H,78,91)(H,79,89)(H,80,99)(H,81,96)(H,82,95)(H,83,97)(H,84,93)(H,85,94)(H,86,98)(H,87,100)(H4,73,74,77)/t49-,50+,51+,52-,53+,54-,55+,56+,57+,58-/m0/s1. The van der Waals surface area contributed by atoms with Gasteiger partial charge < -0.3 is 80.6 Å². The van der Waals surface area contributed by atoms with Crippen LogP contribution < -0.4 is 75.7 Å². The van der Waals surface area contributed by atoms with Crippen molar-refractivity contribution in [2.24, 2.45) is 28.1 Å². The van der Waals surface area contributed by atoms with Gasteiger partial charge >= 0.3 is 0 Å². The molecule has 8 rings (SSSR count). The Kier molecular flexibility index (Phi) is 27.5. The number of aliphatic imine (C=N–C) groups is 1. The number of benzene rings is 4. The summed E-state index contributed by atoms with van der Waals surface area (Å²) in [5.41, 5.74) is 18.8. The normalized spacial score (nSPS) is 23.3. The van der Waals surface area contributed by atoms with E-state index >= 15 is 28.8 Å². The number of fused-ring (bicyclic) bond motifs is 10. The molecule has 3 aliphatic rings. The zero-order chi connectivity index (χ0) is 72.7. The Labute approximate surface area is 584 Å². The summed E-state index contributed by atoms with van der Waals surface area (Å²) in [6.45, 7) is 4.12. The van der Waals surface area contributed by atoms with Crippen LogP contribution in [0.1, 0.15) is 108 Å². The first-order valence-electron chi connectivity index (χ1n) is 34.1. The Balaban J connectivity index is 1.23. The first-order valence-corrected chi connectivity index (χ1v) is 34.1. The molecule has 3 aliphatic heterocycles. The number of pyridine rings is 1. The Morgan fingerprint density at radius 2 is 1.22 bits per heavy atom. The predicted molar refractivity (Wildman–Crippen MR) is 373 cm³/mol. The summed E-state index contributed by atoms with van der Waals surface area (Å²) in [6, 6.07) is 13.8. The predicted octanol–water partition coefficient (Wildman–Crippen LogP) is -1.02. The van der Waals surface area contributed by atoms with E-state index in [-0.39, 0.29) is 102 Å². The van der Waals surface area contributed by atoms with Gasteiger partial charge in [0.15, 0.2) is 5.96 Å². The third kappa shape index (κ3) is 22.7. The summed E-state index contributed by atoms with van der Waals surface area (Å²) in [7, 11) is 0. The second-order valence-electron chi connectivity index (χ2n) is 26.1. The van der Waals surface area contributed by atoms with Crippen LogP contribution in [0.2, 0.25) is 0 Å². The number of guanidine groups is 1. The van der Waals surface area contributed by atoms with Gasteiger partial charge in [0, 0.05) is 71.2 Å². The lowest BCUT2D eigenvalue weighted by molar-refractivity contribution is -0.142. The van der Waals surface area contributed by atoms with E-state index in [0.717, 1.165) is 21.5 Å². The van der Waals surface area contributed by atoms with E-state index in [2.05, 4.69) is 68.5 Å². The maximum absolute atomic E-state index is 15.2. The minimum atomic E-state index is -1.98. The third-order valence-electron chi connectivity index (χ3n) is 17.7. The largest absolute Gasteiger partial charge is 0.370 e. The summed E-state index contributed by atoms with van der Waals surface area (Å²) in [4.78, 5) is 198. The van der Waals surface area contributed by atoms with Crippen molar-refractivity contribution in [2.45, 2.75) is 171 Å². The van der Waals surface area contributed by atoms with E-state index in [1.54, 1.807) is 24.3 Å². The molecular formula is C71H91N17O13. The first-order chi connectivity index (χ1) is 48.4. The van der Waals surface area contributed by atoms with Crippen LogP contribution in [0.15, 0.2) is 114 Å². The summed E-state index contributed by atoms with van der Waals surface area (Å²) in [5.74, 6) is -12.1. The fourth-order valence-electron chi connectivity index (χ4n) is 12.5. The monoisotopic (exact) mass is 1390 g/mol. The number of hydrogen-bond donors (Lipinski definition) is 14. The topological polar surface area (TPSA) is 461 Å². The molecule has 5 aromatic rings. The van der Waals surface area contributed by atoms with E-state index in [1.807, 2.05) is 86.6 Å². The molecule has 538 valence electrons. The van der Waals surface area contributed by atoms with Crippen LogP contribution in [0.4, 0.5) is 0 Å². The van der Waals surface area contributed by atoms with Crippen molar-refractivity contribution in [1.29, 1.82) is 0 Å². The lowest BCUT2D eigenvalue weighted by Gasteiger charge is -2.31. The molecule has 0 aliphatic carbocycles. The van der Waals surface area contributed by atoms with Gasteiger partial charge in [0.25, 0.3) is 0 Å². The van der Waals surface area contributed by atoms with Crippen molar-refractivity contribution in [3.63, 3.8) is 0 Å². The van der Waals surface area contributed by atoms with E-state index < -0.39 is 157 Å². The number of carbonyl (C=O) groups excluding carboxylic acids is 13. The van der Waals surface area contributed by atoms with Crippen LogP contribution in [0, 0.1) is 5.92 Å². The van der Waals surface area contributed by atoms with Crippen LogP contribution in [0.5, 0.6) is 0 Å². The van der Waals surface area contributed by atoms with Crippen molar-refractivity contribution in [2.75, 3.05) is 26.2 Å². The van der Waals surface area contributed by atoms with E-state index in [1.165, 1.54) is 24.2 Å². The molecule has 3 fully saturated rings. The number of carbonyl (C=O) groups is 13. The van der Waals surface area contributed by atoms with Crippen molar-refractivity contribution in [3.8, 4) is 0 Å². The number of nitrogens with two attached hydrogens (primary N) is 3. The number of primary amides is 1. The number of aromatic nitrogens is 1. The van der Waals surface area contributed by atoms with Gasteiger partial charge in [-0.25, -0.2) is 0 Å². The third-order valence-corrected chi connectivity index (χ3v) is 17.7. The summed E-state index contributed by atoms with van der Waals surface area (Å²) in [6.07, 6.45) is 1.06. The van der Waals surface area contributed by atoms with E-state index in [0.29, 0.717) is 23.1 Å². The zero-order valence-corrected chi connectivity index (χ0v) is 56.9. The highest BCUT2D eigenvalue weighted by Gasteiger charge is 2.41. The lowest BCUT2D eigenvalue weighted by Crippen LogP contribution is -2.61. The fourth-order valence-corrected chi connectivity index (χ4v) is 12.5. The average Bonchev–Trinajstić information content (AvgIpc) is 1.80. The second-order valence-corrected chi connectivity index (χ2v) is 26.1. The lowest BCUT2D eigenvalue weighted by atomic mass is 9.98. The highest BCUT2D eigenvalue weighted by molar-refractivity contribution is 6.01. The van der Waals surface area contributed by atoms with Gasteiger partial charge in [-0.3, -0.25) is 72.3 Å². The second kappa shape index (κ2) is 36.7. The number of hydrogen-bond acceptors (Lipinski definition) is 15. The van der Waals surface area contributed by atoms with Gasteiger partial charge in [-0.15, -0.1) is 0 Å². The minimum Gasteiger partial charge on any atom is -0.370 e. The van der Waals surface area contributed by atoms with Crippen molar-refractivity contribution in [3.05, 3.63) is 126 Å². The van der Waals surface area contributed by atoms with Crippen LogP contribution in [-0.4, -0.2) is 179 Å². The highest BCUT2D eigenvalue weighted by Crippen LogP contribution is 2.23. The summed E-state index contributed by atoms with van der Waals surface area (Å²) in [5, 5.41) is 33.0. The Bertz CT molecular complexity index is 3890. The molecule has 4 aromatic carbocycles. The minimum absolute atomic E-state index is 0.00262. The first kappa shape index (κ1) is 75.7. The summed E-state index contributed by atoms with van der Waals surface area (Å²) >= 11 is 0. The molecule has 2 bridgehead atoms. The maximum Gasteiger partial charge on any atom is 0.245 e. The number of nitrogens with one attached hydrogen (secondary N) is 11.